The van der Waals surface area contributed by atoms with E-state index in [9.17, 15) is 0 Å². The van der Waals surface area contributed by atoms with Crippen LogP contribution in [0, 0.1) is 41.5 Å². The summed E-state index contributed by atoms with van der Waals surface area (Å²) < 4.78 is 9.21. The van der Waals surface area contributed by atoms with E-state index in [2.05, 4.69) is 80.2 Å². The third kappa shape index (κ3) is 5.87. The van der Waals surface area contributed by atoms with E-state index in [0.29, 0.717) is 0 Å². The number of hydrogen-bond donors (Lipinski definition) is 0. The number of rotatable bonds is 5. The molecule has 1 heterocycles. The van der Waals surface area contributed by atoms with E-state index in [1.165, 1.54) is 44.8 Å². The van der Waals surface area contributed by atoms with Gasteiger partial charge in [-0.25, -0.2) is 0 Å². The SMILES string of the molecule is Cc1cc(C)c(N2CCN(c3cc(C)c(C)cc3C)[C]2=[Ru]([Cl])([Cl])=[CH]c2ccccc2OC(C)C)cc1C. The molecule has 3 nitrogen and oxygen atoms in total. The molecule has 1 fully saturated rings. The summed E-state index contributed by atoms with van der Waals surface area (Å²) in [6.45, 7) is 18.7. The molecule has 0 N–H and O–H groups in total. The number of para-hydroxylation sites is 1. The van der Waals surface area contributed by atoms with Crippen molar-refractivity contribution >= 4 is 39.7 Å². The van der Waals surface area contributed by atoms with Crippen LogP contribution in [0.4, 0.5) is 11.4 Å². The molecule has 0 spiro atoms. The number of nitrogens with zero attached hydrogens (tertiary/aromatic N) is 2. The number of benzene rings is 3. The molecule has 0 radical (unpaired) electrons. The molecule has 3 aromatic carbocycles. The van der Waals surface area contributed by atoms with E-state index in [4.69, 9.17) is 24.1 Å². The molecule has 0 aromatic heterocycles. The molecule has 4 rings (SSSR count). The van der Waals surface area contributed by atoms with Crippen LogP contribution in [-0.2, 0) is 11.9 Å². The van der Waals surface area contributed by atoms with Crippen LogP contribution in [0.3, 0.4) is 0 Å². The molecule has 1 saturated heterocycles. The van der Waals surface area contributed by atoms with Crippen molar-refractivity contribution in [2.24, 2.45) is 0 Å². The second-order valence-electron chi connectivity index (χ2n) is 10.3. The van der Waals surface area contributed by atoms with Crippen molar-refractivity contribution in [3.63, 3.8) is 0 Å². The maximum absolute atomic E-state index is 7.53. The summed E-state index contributed by atoms with van der Waals surface area (Å²) in [5.41, 5.74) is 10.9. The van der Waals surface area contributed by atoms with Crippen LogP contribution in [0.5, 0.6) is 5.75 Å². The molecule has 0 saturated carbocycles. The Kier molecular flexibility index (Phi) is 8.34. The van der Waals surface area contributed by atoms with Gasteiger partial charge in [-0.3, -0.25) is 0 Å². The van der Waals surface area contributed by atoms with Gasteiger partial charge in [0, 0.05) is 0 Å². The maximum atomic E-state index is 7.53. The van der Waals surface area contributed by atoms with E-state index >= 15 is 0 Å². The molecule has 0 aliphatic carbocycles. The summed E-state index contributed by atoms with van der Waals surface area (Å²) in [5.74, 6) is 0.811. The Morgan fingerprint density at radius 2 is 1.19 bits per heavy atom. The van der Waals surface area contributed by atoms with E-state index in [1.807, 2.05) is 38.1 Å². The van der Waals surface area contributed by atoms with Gasteiger partial charge >= 0.3 is 234 Å². The van der Waals surface area contributed by atoms with Crippen LogP contribution in [0.25, 0.3) is 0 Å². The molecule has 6 heteroatoms. The number of hydrogen-bond acceptors (Lipinski definition) is 3. The fourth-order valence-corrected chi connectivity index (χ4v) is 10.9. The summed E-state index contributed by atoms with van der Waals surface area (Å²) in [7, 11) is 15.1. The number of halogens is 2. The zero-order valence-electron chi connectivity index (χ0n) is 23.1. The zero-order valence-corrected chi connectivity index (χ0v) is 26.3. The quantitative estimate of drug-likeness (QED) is 0.267. The molecule has 200 valence electrons. The van der Waals surface area contributed by atoms with Crippen LogP contribution in [0.1, 0.15) is 52.8 Å². The average molecular weight is 627 g/mol. The first-order valence-corrected chi connectivity index (χ1v) is 19.0. The molecule has 3 aromatic rings. The monoisotopic (exact) mass is 626 g/mol. The standard InChI is InChI=1S/C21H26N2.C10H12O.2ClH.Ru/c1-14-9-18(5)20(11-16(14)3)22-7-8-23(13-22)21-12-17(4)15(2)10-19(21)6;1-8(2)11-10-7-5-4-6-9(10)3;;;/h9-12H,7-8H2,1-6H3;3-8H,1-2H3;2*1H;/q;;;;+2/p-2. The summed E-state index contributed by atoms with van der Waals surface area (Å²) in [6.07, 6.45) is 0.0588. The van der Waals surface area contributed by atoms with E-state index < -0.39 is 11.9 Å². The van der Waals surface area contributed by atoms with Crippen LogP contribution in [-0.4, -0.2) is 28.2 Å². The van der Waals surface area contributed by atoms with E-state index in [1.54, 1.807) is 0 Å². The first kappa shape index (κ1) is 28.0. The van der Waals surface area contributed by atoms with Gasteiger partial charge in [-0.1, -0.05) is 0 Å². The normalized spacial score (nSPS) is 14.5. The average Bonchev–Trinajstić information content (AvgIpc) is 3.25. The summed E-state index contributed by atoms with van der Waals surface area (Å²) in [6, 6.07) is 17.1. The van der Waals surface area contributed by atoms with Crippen molar-refractivity contribution < 1.29 is 16.6 Å². The fourth-order valence-electron chi connectivity index (χ4n) is 4.80. The molecular weight excluding hydrogens is 588 g/mol. The second-order valence-corrected chi connectivity index (χ2v) is 19.5. The third-order valence-corrected chi connectivity index (χ3v) is 12.4. The Bertz CT molecular complexity index is 1390. The predicted octanol–water partition coefficient (Wildman–Crippen LogP) is 8.05. The summed E-state index contributed by atoms with van der Waals surface area (Å²) >= 11 is -3.60. The molecule has 37 heavy (non-hydrogen) atoms. The molecule has 1 aliphatic rings. The molecule has 1 aliphatic heterocycles. The van der Waals surface area contributed by atoms with Crippen LogP contribution < -0.4 is 14.5 Å². The topological polar surface area (TPSA) is 15.7 Å². The molecule has 0 atom stereocenters. The van der Waals surface area contributed by atoms with Gasteiger partial charge in [-0.2, -0.15) is 0 Å². The van der Waals surface area contributed by atoms with Crippen LogP contribution in [0.15, 0.2) is 48.5 Å². The molecule has 0 bridgehead atoms. The van der Waals surface area contributed by atoms with Crippen molar-refractivity contribution in [3.8, 4) is 5.75 Å². The Balaban J connectivity index is 2.01. The van der Waals surface area contributed by atoms with Gasteiger partial charge in [0.2, 0.25) is 0 Å². The van der Waals surface area contributed by atoms with Crippen molar-refractivity contribution in [1.29, 1.82) is 0 Å². The molecular formula is C31H38Cl2N2ORu. The minimum absolute atomic E-state index is 0.0588. The Morgan fingerprint density at radius 3 is 1.68 bits per heavy atom. The van der Waals surface area contributed by atoms with Gasteiger partial charge in [-0.15, -0.1) is 0 Å². The van der Waals surface area contributed by atoms with Gasteiger partial charge in [0.25, 0.3) is 0 Å². The van der Waals surface area contributed by atoms with Gasteiger partial charge in [0.1, 0.15) is 0 Å². The minimum atomic E-state index is -3.60. The fraction of sp³-hybridized carbons (Fsp3) is 0.355. The number of aryl methyl sites for hydroxylation is 6. The Morgan fingerprint density at radius 1 is 0.730 bits per heavy atom. The van der Waals surface area contributed by atoms with Crippen LogP contribution in [0.2, 0.25) is 0 Å². The van der Waals surface area contributed by atoms with Crippen molar-refractivity contribution in [3.05, 3.63) is 87.5 Å². The second kappa shape index (κ2) is 11.0. The Hall–Kier alpha value is -2.00. The first-order chi connectivity index (χ1) is 17.4. The molecule has 0 unspecified atom stereocenters. The number of anilines is 2. The van der Waals surface area contributed by atoms with Crippen molar-refractivity contribution in [2.75, 3.05) is 22.9 Å². The van der Waals surface area contributed by atoms with Gasteiger partial charge in [0.05, 0.1) is 0 Å². The predicted molar refractivity (Wildman–Crippen MR) is 160 cm³/mol. The van der Waals surface area contributed by atoms with Crippen molar-refractivity contribution in [1.82, 2.24) is 0 Å². The summed E-state index contributed by atoms with van der Waals surface area (Å²) in [5, 5.41) is 0. The summed E-state index contributed by atoms with van der Waals surface area (Å²) in [4.78, 5) is 4.73. The van der Waals surface area contributed by atoms with E-state index in [-0.39, 0.29) is 6.10 Å². The Labute approximate surface area is 232 Å². The van der Waals surface area contributed by atoms with Gasteiger partial charge < -0.3 is 0 Å². The van der Waals surface area contributed by atoms with Gasteiger partial charge in [-0.05, 0) is 0 Å². The molecule has 0 amide bonds. The number of ether oxygens (including phenoxy) is 1. The third-order valence-electron chi connectivity index (χ3n) is 6.92. The van der Waals surface area contributed by atoms with E-state index in [0.717, 1.165) is 28.8 Å². The van der Waals surface area contributed by atoms with Crippen LogP contribution >= 0.6 is 19.4 Å². The van der Waals surface area contributed by atoms with Crippen molar-refractivity contribution in [2.45, 2.75) is 61.5 Å². The van der Waals surface area contributed by atoms with Gasteiger partial charge in [0.15, 0.2) is 0 Å². The zero-order chi connectivity index (χ0) is 27.1. The first-order valence-electron chi connectivity index (χ1n) is 12.7.